The number of hydrogen-bond donors (Lipinski definition) is 1. The van der Waals surface area contributed by atoms with E-state index in [1.807, 2.05) is 6.92 Å². The average Bonchev–Trinajstić information content (AvgIpc) is 2.54. The molecule has 15 heavy (non-hydrogen) atoms. The molecule has 0 amide bonds. The summed E-state index contributed by atoms with van der Waals surface area (Å²) in [6.07, 6.45) is 0. The van der Waals surface area contributed by atoms with E-state index in [1.54, 1.807) is 18.4 Å². The largest absolute Gasteiger partial charge is 0.473 e. The summed E-state index contributed by atoms with van der Waals surface area (Å²) >= 11 is 1.61. The van der Waals surface area contributed by atoms with Crippen LogP contribution in [0.5, 0.6) is 5.19 Å². The Hall–Kier alpha value is -0.650. The smallest absolute Gasteiger partial charge is 0.273 e. The number of ether oxygens (including phenoxy) is 1. The van der Waals surface area contributed by atoms with Crippen LogP contribution in [0.2, 0.25) is 0 Å². The number of likely N-dealkylation sites (N-methyl/N-ethyl adjacent to an activating group) is 1. The van der Waals surface area contributed by atoms with Crippen LogP contribution in [0.1, 0.15) is 10.6 Å². The molecule has 1 aromatic heterocycles. The lowest BCUT2D eigenvalue weighted by Gasteiger charge is -2.09. The van der Waals surface area contributed by atoms with Crippen LogP contribution in [-0.4, -0.2) is 44.2 Å². The van der Waals surface area contributed by atoms with Crippen molar-refractivity contribution in [3.8, 4) is 5.19 Å². The van der Waals surface area contributed by atoms with E-state index in [4.69, 9.17) is 4.74 Å². The molecule has 0 saturated carbocycles. The van der Waals surface area contributed by atoms with Crippen molar-refractivity contribution in [3.63, 3.8) is 0 Å². The van der Waals surface area contributed by atoms with Crippen molar-refractivity contribution in [1.82, 2.24) is 15.2 Å². The van der Waals surface area contributed by atoms with Crippen molar-refractivity contribution < 1.29 is 4.74 Å². The lowest BCUT2D eigenvalue weighted by molar-refractivity contribution is 0.400. The zero-order valence-electron chi connectivity index (χ0n) is 9.83. The first-order valence-corrected chi connectivity index (χ1v) is 5.81. The third-order valence-electron chi connectivity index (χ3n) is 2.07. The summed E-state index contributed by atoms with van der Waals surface area (Å²) in [5.41, 5.74) is 1.06. The minimum absolute atomic E-state index is 0.747. The van der Waals surface area contributed by atoms with Gasteiger partial charge in [0.15, 0.2) is 0 Å². The first kappa shape index (κ1) is 12.4. The van der Waals surface area contributed by atoms with Gasteiger partial charge >= 0.3 is 0 Å². The van der Waals surface area contributed by atoms with Gasteiger partial charge in [0.2, 0.25) is 0 Å². The molecule has 1 aromatic rings. The van der Waals surface area contributed by atoms with Gasteiger partial charge in [0.25, 0.3) is 5.19 Å². The Balaban J connectivity index is 2.33. The summed E-state index contributed by atoms with van der Waals surface area (Å²) in [5.74, 6) is 0. The van der Waals surface area contributed by atoms with Crippen molar-refractivity contribution in [1.29, 1.82) is 0 Å². The third kappa shape index (κ3) is 4.15. The van der Waals surface area contributed by atoms with E-state index in [1.165, 1.54) is 4.88 Å². The second-order valence-corrected chi connectivity index (χ2v) is 4.72. The third-order valence-corrected chi connectivity index (χ3v) is 3.19. The maximum absolute atomic E-state index is 5.09. The molecule has 0 aliphatic heterocycles. The molecule has 0 aromatic carbocycles. The summed E-state index contributed by atoms with van der Waals surface area (Å²) in [4.78, 5) is 7.70. The van der Waals surface area contributed by atoms with Gasteiger partial charge in [-0.15, -0.1) is 0 Å². The molecule has 1 rings (SSSR count). The quantitative estimate of drug-likeness (QED) is 0.742. The molecular weight excluding hydrogens is 210 g/mol. The Morgan fingerprint density at radius 2 is 2.20 bits per heavy atom. The van der Waals surface area contributed by atoms with Gasteiger partial charge in [0.1, 0.15) is 0 Å². The molecule has 0 unspecified atom stereocenters. The fourth-order valence-electron chi connectivity index (χ4n) is 1.16. The molecule has 0 fully saturated rings. The molecule has 5 heteroatoms. The van der Waals surface area contributed by atoms with Gasteiger partial charge in [-0.1, -0.05) is 11.3 Å². The van der Waals surface area contributed by atoms with E-state index in [0.29, 0.717) is 0 Å². The van der Waals surface area contributed by atoms with Crippen LogP contribution in [0.4, 0.5) is 0 Å². The Morgan fingerprint density at radius 3 is 2.73 bits per heavy atom. The Kier molecular flexibility index (Phi) is 5.01. The highest BCUT2D eigenvalue weighted by molar-refractivity contribution is 7.13. The Labute approximate surface area is 95.3 Å². The molecule has 4 nitrogen and oxygen atoms in total. The van der Waals surface area contributed by atoms with Crippen LogP contribution in [0.15, 0.2) is 0 Å². The van der Waals surface area contributed by atoms with Crippen LogP contribution >= 0.6 is 11.3 Å². The molecule has 1 heterocycles. The second-order valence-electron chi connectivity index (χ2n) is 3.67. The van der Waals surface area contributed by atoms with Gasteiger partial charge in [-0.25, -0.2) is 4.98 Å². The van der Waals surface area contributed by atoms with Crippen LogP contribution in [0.3, 0.4) is 0 Å². The first-order chi connectivity index (χ1) is 7.13. The zero-order valence-corrected chi connectivity index (χ0v) is 10.6. The van der Waals surface area contributed by atoms with Crippen molar-refractivity contribution >= 4 is 11.3 Å². The van der Waals surface area contributed by atoms with E-state index < -0.39 is 0 Å². The minimum Gasteiger partial charge on any atom is -0.473 e. The van der Waals surface area contributed by atoms with Crippen LogP contribution < -0.4 is 10.1 Å². The predicted molar refractivity (Wildman–Crippen MR) is 63.7 cm³/mol. The fraction of sp³-hybridized carbons (Fsp3) is 0.700. The fourth-order valence-corrected chi connectivity index (χ4v) is 2.00. The van der Waals surface area contributed by atoms with Crippen molar-refractivity contribution in [2.24, 2.45) is 0 Å². The highest BCUT2D eigenvalue weighted by Crippen LogP contribution is 2.23. The van der Waals surface area contributed by atoms with Gasteiger partial charge < -0.3 is 15.0 Å². The Bertz CT molecular complexity index is 299. The van der Waals surface area contributed by atoms with E-state index in [9.17, 15) is 0 Å². The number of methoxy groups -OCH3 is 1. The van der Waals surface area contributed by atoms with Gasteiger partial charge in [-0.05, 0) is 21.0 Å². The average molecular weight is 229 g/mol. The number of aryl methyl sites for hydroxylation is 1. The number of aromatic nitrogens is 1. The van der Waals surface area contributed by atoms with Crippen molar-refractivity contribution in [3.05, 3.63) is 10.6 Å². The van der Waals surface area contributed by atoms with Crippen LogP contribution in [-0.2, 0) is 6.54 Å². The van der Waals surface area contributed by atoms with Crippen molar-refractivity contribution in [2.75, 3.05) is 34.3 Å². The summed E-state index contributed by atoms with van der Waals surface area (Å²) in [5, 5.41) is 4.13. The number of nitrogens with one attached hydrogen (secondary N) is 1. The van der Waals surface area contributed by atoms with Gasteiger partial charge in [0.05, 0.1) is 12.8 Å². The molecule has 0 spiro atoms. The maximum atomic E-state index is 5.09. The normalized spacial score (nSPS) is 11.0. The SMILES string of the molecule is COc1nc(C)c(CNCCN(C)C)s1. The summed E-state index contributed by atoms with van der Waals surface area (Å²) < 4.78 is 5.09. The van der Waals surface area contributed by atoms with E-state index in [-0.39, 0.29) is 0 Å². The summed E-state index contributed by atoms with van der Waals surface area (Å²) in [6.45, 7) is 4.93. The number of thiazole rings is 1. The van der Waals surface area contributed by atoms with E-state index in [2.05, 4.69) is 29.3 Å². The zero-order chi connectivity index (χ0) is 11.3. The number of hydrogen-bond acceptors (Lipinski definition) is 5. The van der Waals surface area contributed by atoms with Gasteiger partial charge in [-0.2, -0.15) is 0 Å². The van der Waals surface area contributed by atoms with E-state index in [0.717, 1.165) is 30.5 Å². The Morgan fingerprint density at radius 1 is 1.47 bits per heavy atom. The van der Waals surface area contributed by atoms with E-state index >= 15 is 0 Å². The number of nitrogens with zero attached hydrogens (tertiary/aromatic N) is 2. The second kappa shape index (κ2) is 6.05. The lowest BCUT2D eigenvalue weighted by Crippen LogP contribution is -2.26. The van der Waals surface area contributed by atoms with Gasteiger partial charge in [0, 0.05) is 24.5 Å². The molecule has 86 valence electrons. The highest BCUT2D eigenvalue weighted by Gasteiger charge is 2.06. The lowest BCUT2D eigenvalue weighted by atomic mass is 10.4. The topological polar surface area (TPSA) is 37.4 Å². The molecule has 0 aliphatic rings. The highest BCUT2D eigenvalue weighted by atomic mass is 32.1. The minimum atomic E-state index is 0.747. The molecule has 0 bridgehead atoms. The molecule has 0 aliphatic carbocycles. The molecule has 0 radical (unpaired) electrons. The summed E-state index contributed by atoms with van der Waals surface area (Å²) in [6, 6.07) is 0. The predicted octanol–water partition coefficient (Wildman–Crippen LogP) is 1.11. The molecular formula is C10H19N3OS. The first-order valence-electron chi connectivity index (χ1n) is 4.99. The van der Waals surface area contributed by atoms with Crippen molar-refractivity contribution in [2.45, 2.75) is 13.5 Å². The standard InChI is InChI=1S/C10H19N3OS/c1-8-9(15-10(12-8)14-4)7-11-5-6-13(2)3/h11H,5-7H2,1-4H3. The van der Waals surface area contributed by atoms with Crippen LogP contribution in [0, 0.1) is 6.92 Å². The molecule has 1 N–H and O–H groups in total. The van der Waals surface area contributed by atoms with Gasteiger partial charge in [-0.3, -0.25) is 0 Å². The maximum Gasteiger partial charge on any atom is 0.273 e. The van der Waals surface area contributed by atoms with Crippen LogP contribution in [0.25, 0.3) is 0 Å². The molecule has 0 saturated heterocycles. The summed E-state index contributed by atoms with van der Waals surface area (Å²) in [7, 11) is 5.80. The molecule has 0 atom stereocenters. The monoisotopic (exact) mass is 229 g/mol. The number of rotatable bonds is 6.